The molecule has 2 aromatic rings. The van der Waals surface area contributed by atoms with Crippen molar-refractivity contribution < 1.29 is 9.53 Å². The monoisotopic (exact) mass is 338 g/mol. The van der Waals surface area contributed by atoms with Crippen LogP contribution in [0.2, 0.25) is 0 Å². The number of anilines is 1. The lowest BCUT2D eigenvalue weighted by Gasteiger charge is -2.36. The first-order valence-corrected chi connectivity index (χ1v) is 9.10. The molecular weight excluding hydrogens is 312 g/mol. The molecular formula is C21H26N2O2. The third-order valence-corrected chi connectivity index (χ3v) is 4.82. The Hall–Kier alpha value is -2.36. The number of hydrogen-bond acceptors (Lipinski definition) is 3. The summed E-state index contributed by atoms with van der Waals surface area (Å²) in [5, 5.41) is 3.07. The van der Waals surface area contributed by atoms with Crippen molar-refractivity contribution in [3.63, 3.8) is 0 Å². The highest BCUT2D eigenvalue weighted by Crippen LogP contribution is 2.40. The Balaban J connectivity index is 1.79. The van der Waals surface area contributed by atoms with Crippen LogP contribution in [0.25, 0.3) is 0 Å². The molecule has 1 amide bonds. The third kappa shape index (κ3) is 4.01. The van der Waals surface area contributed by atoms with E-state index in [0.29, 0.717) is 11.6 Å². The maximum absolute atomic E-state index is 13.2. The van der Waals surface area contributed by atoms with Crippen LogP contribution in [0, 0.1) is 0 Å². The second-order valence-electron chi connectivity index (χ2n) is 7.01. The fraction of sp³-hybridized carbons (Fsp3) is 0.429. The molecule has 1 aliphatic carbocycles. The molecule has 3 rings (SSSR count). The Kier molecular flexibility index (Phi) is 5.37. The highest BCUT2D eigenvalue weighted by atomic mass is 16.5. The lowest BCUT2D eigenvalue weighted by molar-refractivity contribution is -0.122. The number of hydrogen-bond donors (Lipinski definition) is 1. The number of pyridine rings is 1. The number of nitrogens with zero attached hydrogens (tertiary/aromatic N) is 1. The molecule has 132 valence electrons. The van der Waals surface area contributed by atoms with E-state index in [0.717, 1.165) is 31.2 Å². The number of nitrogens with one attached hydrogen (secondary N) is 1. The van der Waals surface area contributed by atoms with Gasteiger partial charge < -0.3 is 10.1 Å². The minimum absolute atomic E-state index is 0.0673. The molecule has 0 atom stereocenters. The van der Waals surface area contributed by atoms with Crippen LogP contribution < -0.4 is 10.1 Å². The highest BCUT2D eigenvalue weighted by molar-refractivity contribution is 5.99. The lowest BCUT2D eigenvalue weighted by atomic mass is 9.68. The second kappa shape index (κ2) is 7.68. The molecule has 0 aliphatic heterocycles. The van der Waals surface area contributed by atoms with E-state index in [1.807, 2.05) is 38.1 Å². The quantitative estimate of drug-likeness (QED) is 0.859. The molecule has 0 spiro atoms. The largest absolute Gasteiger partial charge is 0.475 e. The van der Waals surface area contributed by atoms with Gasteiger partial charge in [0.1, 0.15) is 0 Å². The van der Waals surface area contributed by atoms with Crippen molar-refractivity contribution in [2.75, 3.05) is 5.32 Å². The second-order valence-corrected chi connectivity index (χ2v) is 7.01. The summed E-state index contributed by atoms with van der Waals surface area (Å²) in [6, 6.07) is 13.8. The molecule has 0 radical (unpaired) electrons. The molecule has 0 bridgehead atoms. The standard InChI is InChI=1S/C21H26N2O2/c1-16(2)25-19-12-11-18(15-22-19)23-20(24)21(13-7-4-8-14-21)17-9-5-3-6-10-17/h3,5-6,9-12,15-16H,4,7-8,13-14H2,1-2H3,(H,23,24). The highest BCUT2D eigenvalue weighted by Gasteiger charge is 2.41. The first-order chi connectivity index (χ1) is 12.1. The van der Waals surface area contributed by atoms with Crippen molar-refractivity contribution in [3.05, 3.63) is 54.2 Å². The van der Waals surface area contributed by atoms with Gasteiger partial charge in [0.05, 0.1) is 23.4 Å². The van der Waals surface area contributed by atoms with E-state index in [1.165, 1.54) is 6.42 Å². The van der Waals surface area contributed by atoms with Crippen LogP contribution in [0.4, 0.5) is 5.69 Å². The SMILES string of the molecule is CC(C)Oc1ccc(NC(=O)C2(c3ccccc3)CCCCC2)cn1. The van der Waals surface area contributed by atoms with Crippen LogP contribution in [0.15, 0.2) is 48.7 Å². The predicted molar refractivity (Wildman–Crippen MR) is 99.8 cm³/mol. The molecule has 1 N–H and O–H groups in total. The van der Waals surface area contributed by atoms with Gasteiger partial charge in [-0.05, 0) is 38.3 Å². The first kappa shape index (κ1) is 17.5. The van der Waals surface area contributed by atoms with Gasteiger partial charge in [-0.2, -0.15) is 0 Å². The van der Waals surface area contributed by atoms with Gasteiger partial charge in [-0.25, -0.2) is 4.98 Å². The molecule has 0 unspecified atom stereocenters. The van der Waals surface area contributed by atoms with Crippen LogP contribution in [0.3, 0.4) is 0 Å². The van der Waals surface area contributed by atoms with Gasteiger partial charge in [0.2, 0.25) is 11.8 Å². The predicted octanol–water partition coefficient (Wildman–Crippen LogP) is 4.71. The van der Waals surface area contributed by atoms with E-state index in [1.54, 1.807) is 12.3 Å². The smallest absolute Gasteiger partial charge is 0.235 e. The number of amides is 1. The normalized spacial score (nSPS) is 16.4. The lowest BCUT2D eigenvalue weighted by Crippen LogP contribution is -2.42. The maximum atomic E-state index is 13.2. The van der Waals surface area contributed by atoms with Gasteiger partial charge in [0.15, 0.2) is 0 Å². The Morgan fingerprint density at radius 2 is 1.80 bits per heavy atom. The van der Waals surface area contributed by atoms with E-state index in [9.17, 15) is 4.79 Å². The number of benzene rings is 1. The molecule has 4 heteroatoms. The molecule has 1 aliphatic rings. The maximum Gasteiger partial charge on any atom is 0.235 e. The summed E-state index contributed by atoms with van der Waals surface area (Å²) in [6.07, 6.45) is 6.90. The molecule has 25 heavy (non-hydrogen) atoms. The topological polar surface area (TPSA) is 51.2 Å². The number of carbonyl (C=O) groups is 1. The van der Waals surface area contributed by atoms with Crippen LogP contribution in [0.5, 0.6) is 5.88 Å². The van der Waals surface area contributed by atoms with Crippen LogP contribution >= 0.6 is 0 Å². The van der Waals surface area contributed by atoms with Gasteiger partial charge in [0.25, 0.3) is 0 Å². The van der Waals surface area contributed by atoms with Crippen LogP contribution in [-0.4, -0.2) is 17.0 Å². The number of aromatic nitrogens is 1. The summed E-state index contributed by atoms with van der Waals surface area (Å²) in [4.78, 5) is 17.5. The fourth-order valence-electron chi connectivity index (χ4n) is 3.58. The zero-order chi connectivity index (χ0) is 17.7. The summed E-state index contributed by atoms with van der Waals surface area (Å²) < 4.78 is 5.56. The summed E-state index contributed by atoms with van der Waals surface area (Å²) in [5.74, 6) is 0.640. The van der Waals surface area contributed by atoms with Gasteiger partial charge in [-0.3, -0.25) is 4.79 Å². The molecule has 1 aromatic carbocycles. The van der Waals surface area contributed by atoms with Gasteiger partial charge >= 0.3 is 0 Å². The minimum atomic E-state index is -0.438. The molecule has 1 saturated carbocycles. The van der Waals surface area contributed by atoms with Gasteiger partial charge in [0, 0.05) is 6.07 Å². The Bertz CT molecular complexity index is 690. The molecule has 1 fully saturated rings. The molecule has 4 nitrogen and oxygen atoms in total. The molecule has 1 aromatic heterocycles. The van der Waals surface area contributed by atoms with Crippen molar-refractivity contribution in [2.24, 2.45) is 0 Å². The van der Waals surface area contributed by atoms with E-state index in [4.69, 9.17) is 4.74 Å². The summed E-state index contributed by atoms with van der Waals surface area (Å²) >= 11 is 0. The fourth-order valence-corrected chi connectivity index (χ4v) is 3.58. The Labute approximate surface area is 149 Å². The average Bonchev–Trinajstić information content (AvgIpc) is 2.64. The molecule has 0 saturated heterocycles. The first-order valence-electron chi connectivity index (χ1n) is 9.10. The zero-order valence-electron chi connectivity index (χ0n) is 15.0. The van der Waals surface area contributed by atoms with Crippen LogP contribution in [0.1, 0.15) is 51.5 Å². The summed E-state index contributed by atoms with van der Waals surface area (Å²) in [6.45, 7) is 3.92. The molecule has 1 heterocycles. The van der Waals surface area contributed by atoms with Crippen molar-refractivity contribution in [1.29, 1.82) is 0 Å². The number of carbonyl (C=O) groups excluding carboxylic acids is 1. The zero-order valence-corrected chi connectivity index (χ0v) is 15.0. The van der Waals surface area contributed by atoms with Crippen molar-refractivity contribution >= 4 is 11.6 Å². The number of ether oxygens (including phenoxy) is 1. The average molecular weight is 338 g/mol. The summed E-state index contributed by atoms with van der Waals surface area (Å²) in [7, 11) is 0. The van der Waals surface area contributed by atoms with E-state index < -0.39 is 5.41 Å². The third-order valence-electron chi connectivity index (χ3n) is 4.82. The van der Waals surface area contributed by atoms with Gasteiger partial charge in [-0.1, -0.05) is 49.6 Å². The Morgan fingerprint density at radius 3 is 2.40 bits per heavy atom. The van der Waals surface area contributed by atoms with Crippen molar-refractivity contribution in [3.8, 4) is 5.88 Å². The van der Waals surface area contributed by atoms with Gasteiger partial charge in [-0.15, -0.1) is 0 Å². The number of rotatable bonds is 5. The van der Waals surface area contributed by atoms with Crippen molar-refractivity contribution in [1.82, 2.24) is 4.98 Å². The minimum Gasteiger partial charge on any atom is -0.475 e. The van der Waals surface area contributed by atoms with E-state index >= 15 is 0 Å². The van der Waals surface area contributed by atoms with Crippen LogP contribution in [-0.2, 0) is 10.2 Å². The summed E-state index contributed by atoms with van der Waals surface area (Å²) in [5.41, 5.74) is 1.38. The Morgan fingerprint density at radius 1 is 1.08 bits per heavy atom. The van der Waals surface area contributed by atoms with E-state index in [2.05, 4.69) is 22.4 Å². The van der Waals surface area contributed by atoms with Crippen molar-refractivity contribution in [2.45, 2.75) is 57.5 Å². The van der Waals surface area contributed by atoms with E-state index in [-0.39, 0.29) is 12.0 Å².